The van der Waals surface area contributed by atoms with E-state index in [0.29, 0.717) is 33.3 Å². The van der Waals surface area contributed by atoms with Crippen molar-refractivity contribution in [1.82, 2.24) is 4.83 Å². The minimum atomic E-state index is -3.80. The highest BCUT2D eigenvalue weighted by molar-refractivity contribution is 7.89. The lowest BCUT2D eigenvalue weighted by atomic mass is 10.1. The van der Waals surface area contributed by atoms with Gasteiger partial charge < -0.3 is 10.1 Å². The zero-order chi connectivity index (χ0) is 22.4. The Morgan fingerprint density at radius 2 is 1.48 bits per heavy atom. The number of halogens is 1. The molecule has 0 unspecified atom stereocenters. The number of rotatable bonds is 7. The summed E-state index contributed by atoms with van der Waals surface area (Å²) >= 11 is 5.79. The smallest absolute Gasteiger partial charge is 0.276 e. The van der Waals surface area contributed by atoms with E-state index in [0.717, 1.165) is 0 Å². The van der Waals surface area contributed by atoms with Crippen LogP contribution in [0.25, 0.3) is 0 Å². The molecule has 0 aromatic heterocycles. The van der Waals surface area contributed by atoms with Crippen molar-refractivity contribution in [2.45, 2.75) is 11.8 Å². The van der Waals surface area contributed by atoms with Crippen molar-refractivity contribution in [1.29, 1.82) is 0 Å². The molecule has 7 nitrogen and oxygen atoms in total. The lowest BCUT2D eigenvalue weighted by molar-refractivity contribution is 0.102. The van der Waals surface area contributed by atoms with Gasteiger partial charge in [0.05, 0.1) is 17.7 Å². The first kappa shape index (κ1) is 22.3. The fourth-order valence-corrected chi connectivity index (χ4v) is 3.58. The van der Waals surface area contributed by atoms with E-state index in [1.54, 1.807) is 62.6 Å². The standard InChI is InChI=1S/C22H20ClN3O4S/c1-15(25-26-31(28,29)21-13-7-18(23)8-14-21)16-3-9-19(10-4-16)24-22(27)17-5-11-20(30-2)12-6-17/h3-14,26H,1-2H3,(H,24,27). The van der Waals surface area contributed by atoms with Gasteiger partial charge in [-0.3, -0.25) is 4.79 Å². The third-order valence-corrected chi connectivity index (χ3v) is 5.85. The van der Waals surface area contributed by atoms with Crippen LogP contribution in [0.15, 0.2) is 82.8 Å². The van der Waals surface area contributed by atoms with Crippen LogP contribution in [0, 0.1) is 0 Å². The van der Waals surface area contributed by atoms with Gasteiger partial charge in [0.25, 0.3) is 15.9 Å². The van der Waals surface area contributed by atoms with Gasteiger partial charge in [-0.25, -0.2) is 0 Å². The molecule has 0 atom stereocenters. The number of nitrogens with zero attached hydrogens (tertiary/aromatic N) is 1. The fourth-order valence-electron chi connectivity index (χ4n) is 2.60. The Kier molecular flexibility index (Phi) is 6.94. The second kappa shape index (κ2) is 9.63. The van der Waals surface area contributed by atoms with Gasteiger partial charge in [-0.15, -0.1) is 0 Å². The third kappa shape index (κ3) is 5.84. The fraction of sp³-hybridized carbons (Fsp3) is 0.0909. The normalized spacial score (nSPS) is 11.6. The predicted molar refractivity (Wildman–Crippen MR) is 121 cm³/mol. The summed E-state index contributed by atoms with van der Waals surface area (Å²) in [5, 5.41) is 7.21. The van der Waals surface area contributed by atoms with Crippen LogP contribution in [0.4, 0.5) is 5.69 Å². The summed E-state index contributed by atoms with van der Waals surface area (Å²) in [7, 11) is -2.24. The number of hydrazone groups is 1. The van der Waals surface area contributed by atoms with Crippen LogP contribution in [0.3, 0.4) is 0 Å². The summed E-state index contributed by atoms with van der Waals surface area (Å²) < 4.78 is 29.7. The van der Waals surface area contributed by atoms with Gasteiger partial charge in [-0.1, -0.05) is 23.7 Å². The van der Waals surface area contributed by atoms with Gasteiger partial charge in [0.1, 0.15) is 5.75 Å². The van der Waals surface area contributed by atoms with E-state index in [1.807, 2.05) is 0 Å². The Hall–Kier alpha value is -3.36. The Morgan fingerprint density at radius 3 is 2.06 bits per heavy atom. The summed E-state index contributed by atoms with van der Waals surface area (Å²) in [6.45, 7) is 1.68. The summed E-state index contributed by atoms with van der Waals surface area (Å²) in [6.07, 6.45) is 0. The van der Waals surface area contributed by atoms with Gasteiger partial charge in [0, 0.05) is 16.3 Å². The molecule has 9 heteroatoms. The zero-order valence-corrected chi connectivity index (χ0v) is 18.4. The van der Waals surface area contributed by atoms with Crippen molar-refractivity contribution < 1.29 is 17.9 Å². The summed E-state index contributed by atoms with van der Waals surface area (Å²) in [5.41, 5.74) is 2.25. The van der Waals surface area contributed by atoms with Crippen molar-refractivity contribution in [2.24, 2.45) is 5.10 Å². The predicted octanol–water partition coefficient (Wildman–Crippen LogP) is 4.30. The Bertz CT molecular complexity index is 1190. The molecular weight excluding hydrogens is 438 g/mol. The number of hydrogen-bond acceptors (Lipinski definition) is 5. The average molecular weight is 458 g/mol. The van der Waals surface area contributed by atoms with Gasteiger partial charge in [0.2, 0.25) is 0 Å². The molecule has 0 radical (unpaired) electrons. The van der Waals surface area contributed by atoms with Crippen LogP contribution in [-0.2, 0) is 10.0 Å². The van der Waals surface area contributed by atoms with Crippen molar-refractivity contribution >= 4 is 38.9 Å². The molecule has 3 aromatic carbocycles. The average Bonchev–Trinajstić information content (AvgIpc) is 2.78. The number of sulfonamides is 1. The largest absolute Gasteiger partial charge is 0.497 e. The quantitative estimate of drug-likeness (QED) is 0.408. The second-order valence-corrected chi connectivity index (χ2v) is 8.60. The number of methoxy groups -OCH3 is 1. The van der Waals surface area contributed by atoms with E-state index in [4.69, 9.17) is 16.3 Å². The zero-order valence-electron chi connectivity index (χ0n) is 16.8. The molecule has 3 aromatic rings. The lowest BCUT2D eigenvalue weighted by Gasteiger charge is -2.08. The topological polar surface area (TPSA) is 96.9 Å². The minimum absolute atomic E-state index is 0.0602. The highest BCUT2D eigenvalue weighted by Crippen LogP contribution is 2.16. The monoisotopic (exact) mass is 457 g/mol. The Morgan fingerprint density at radius 1 is 0.903 bits per heavy atom. The van der Waals surface area contributed by atoms with E-state index in [9.17, 15) is 13.2 Å². The van der Waals surface area contributed by atoms with Crippen molar-refractivity contribution in [2.75, 3.05) is 12.4 Å². The van der Waals surface area contributed by atoms with E-state index < -0.39 is 10.0 Å². The molecule has 0 spiro atoms. The maximum Gasteiger partial charge on any atom is 0.276 e. The first-order valence-electron chi connectivity index (χ1n) is 9.16. The Balaban J connectivity index is 1.65. The first-order chi connectivity index (χ1) is 14.8. The molecule has 3 rings (SSSR count). The molecule has 0 saturated heterocycles. The molecular formula is C22H20ClN3O4S. The van der Waals surface area contributed by atoms with Crippen LogP contribution >= 0.6 is 11.6 Å². The third-order valence-electron chi connectivity index (χ3n) is 4.37. The number of hydrogen-bond donors (Lipinski definition) is 2. The van der Waals surface area contributed by atoms with Crippen molar-refractivity contribution in [3.8, 4) is 5.75 Å². The van der Waals surface area contributed by atoms with Gasteiger partial charge in [-0.05, 0) is 73.2 Å². The number of benzene rings is 3. The molecule has 0 aliphatic heterocycles. The molecule has 1 amide bonds. The van der Waals surface area contributed by atoms with Crippen molar-refractivity contribution in [3.63, 3.8) is 0 Å². The first-order valence-corrected chi connectivity index (χ1v) is 11.0. The van der Waals surface area contributed by atoms with Crippen LogP contribution in [-0.4, -0.2) is 27.1 Å². The van der Waals surface area contributed by atoms with Crippen molar-refractivity contribution in [3.05, 3.63) is 88.9 Å². The molecule has 0 bridgehead atoms. The van der Waals surface area contributed by atoms with Gasteiger partial charge in [-0.2, -0.15) is 18.4 Å². The number of carbonyl (C=O) groups is 1. The number of nitrogens with one attached hydrogen (secondary N) is 2. The summed E-state index contributed by atoms with van der Waals surface area (Å²) in [5.74, 6) is 0.416. The van der Waals surface area contributed by atoms with Crippen LogP contribution < -0.4 is 14.9 Å². The molecule has 2 N–H and O–H groups in total. The van der Waals surface area contributed by atoms with Crippen LogP contribution in [0.2, 0.25) is 5.02 Å². The van der Waals surface area contributed by atoms with Crippen LogP contribution in [0.1, 0.15) is 22.8 Å². The number of anilines is 1. The SMILES string of the molecule is COc1ccc(C(=O)Nc2ccc(C(C)=NNS(=O)(=O)c3ccc(Cl)cc3)cc2)cc1. The second-order valence-electron chi connectivity index (χ2n) is 6.51. The maximum absolute atomic E-state index is 12.3. The molecule has 31 heavy (non-hydrogen) atoms. The van der Waals surface area contributed by atoms with E-state index in [2.05, 4.69) is 15.2 Å². The molecule has 160 valence electrons. The van der Waals surface area contributed by atoms with Gasteiger partial charge >= 0.3 is 0 Å². The minimum Gasteiger partial charge on any atom is -0.497 e. The summed E-state index contributed by atoms with van der Waals surface area (Å²) in [4.78, 5) is 14.6. The number of carbonyl (C=O) groups excluding carboxylic acids is 1. The highest BCUT2D eigenvalue weighted by Gasteiger charge is 2.13. The molecule has 0 fully saturated rings. The number of ether oxygens (including phenoxy) is 1. The highest BCUT2D eigenvalue weighted by atomic mass is 35.5. The Labute approximate surface area is 185 Å². The van der Waals surface area contributed by atoms with Crippen LogP contribution in [0.5, 0.6) is 5.75 Å². The van der Waals surface area contributed by atoms with Gasteiger partial charge in [0.15, 0.2) is 0 Å². The molecule has 0 aliphatic rings. The maximum atomic E-state index is 12.3. The molecule has 0 aliphatic carbocycles. The van der Waals surface area contributed by atoms with E-state index >= 15 is 0 Å². The number of amides is 1. The lowest BCUT2D eigenvalue weighted by Crippen LogP contribution is -2.20. The van der Waals surface area contributed by atoms with E-state index in [-0.39, 0.29) is 10.8 Å². The molecule has 0 saturated carbocycles. The van der Waals surface area contributed by atoms with E-state index in [1.165, 1.54) is 24.3 Å². The molecule has 0 heterocycles. The summed E-state index contributed by atoms with van der Waals surface area (Å²) in [6, 6.07) is 19.4.